The van der Waals surface area contributed by atoms with E-state index in [1.54, 1.807) is 6.92 Å². The Labute approximate surface area is 92.0 Å². The van der Waals surface area contributed by atoms with Gasteiger partial charge < -0.3 is 10.5 Å². The van der Waals surface area contributed by atoms with Crippen LogP contribution in [0.1, 0.15) is 15.9 Å². The summed E-state index contributed by atoms with van der Waals surface area (Å²) in [5.41, 5.74) is 5.65. The first kappa shape index (κ1) is 11.9. The highest BCUT2D eigenvalue weighted by Gasteiger charge is 2.19. The first-order valence-electron chi connectivity index (χ1n) is 4.28. The number of aryl methyl sites for hydroxylation is 1. The Morgan fingerprint density at radius 3 is 2.73 bits per heavy atom. The zero-order valence-corrected chi connectivity index (χ0v) is 9.19. The third-order valence-corrected chi connectivity index (χ3v) is 2.50. The van der Waals surface area contributed by atoms with Crippen molar-refractivity contribution in [2.24, 2.45) is 5.73 Å². The van der Waals surface area contributed by atoms with Crippen LogP contribution in [0.15, 0.2) is 6.07 Å². The monoisotopic (exact) mass is 231 g/mol. The highest BCUT2D eigenvalue weighted by atomic mass is 35.5. The molecule has 15 heavy (non-hydrogen) atoms. The van der Waals surface area contributed by atoms with Gasteiger partial charge in [-0.25, -0.2) is 4.39 Å². The fourth-order valence-electron chi connectivity index (χ4n) is 1.23. The molecule has 1 aromatic rings. The SMILES string of the molecule is COc1c(F)c(C(=O)CN)cc(C)c1Cl. The molecule has 2 N–H and O–H groups in total. The smallest absolute Gasteiger partial charge is 0.179 e. The van der Waals surface area contributed by atoms with Crippen molar-refractivity contribution in [3.8, 4) is 5.75 Å². The van der Waals surface area contributed by atoms with Crippen LogP contribution in [0.5, 0.6) is 5.75 Å². The number of benzene rings is 1. The molecule has 0 bridgehead atoms. The molecule has 0 amide bonds. The lowest BCUT2D eigenvalue weighted by Crippen LogP contribution is -2.16. The highest BCUT2D eigenvalue weighted by molar-refractivity contribution is 6.33. The van der Waals surface area contributed by atoms with Gasteiger partial charge in [0.15, 0.2) is 17.3 Å². The predicted octanol–water partition coefficient (Wildman–Crippen LogP) is 1.94. The molecule has 5 heteroatoms. The van der Waals surface area contributed by atoms with Gasteiger partial charge in [-0.15, -0.1) is 0 Å². The van der Waals surface area contributed by atoms with Crippen molar-refractivity contribution in [2.45, 2.75) is 6.92 Å². The Hall–Kier alpha value is -1.13. The largest absolute Gasteiger partial charge is 0.492 e. The highest BCUT2D eigenvalue weighted by Crippen LogP contribution is 2.33. The van der Waals surface area contributed by atoms with Gasteiger partial charge in [0.2, 0.25) is 0 Å². The molecule has 0 heterocycles. The standard InChI is InChI=1S/C10H11ClFNO2/c1-5-3-6(7(14)4-13)9(12)10(15-2)8(5)11/h3H,4,13H2,1-2H3. The van der Waals surface area contributed by atoms with Crippen LogP contribution in [0.25, 0.3) is 0 Å². The maximum atomic E-state index is 13.7. The molecular weight excluding hydrogens is 221 g/mol. The predicted molar refractivity (Wildman–Crippen MR) is 56.1 cm³/mol. The van der Waals surface area contributed by atoms with Crippen LogP contribution in [0, 0.1) is 12.7 Å². The lowest BCUT2D eigenvalue weighted by molar-refractivity contribution is 0.0996. The molecule has 1 rings (SSSR count). The normalized spacial score (nSPS) is 10.2. The molecule has 0 fully saturated rings. The summed E-state index contributed by atoms with van der Waals surface area (Å²) >= 11 is 5.81. The van der Waals surface area contributed by atoms with E-state index >= 15 is 0 Å². The van der Waals surface area contributed by atoms with Gasteiger partial charge in [0.1, 0.15) is 0 Å². The van der Waals surface area contributed by atoms with E-state index in [0.29, 0.717) is 5.56 Å². The minimum absolute atomic E-state index is 0.0868. The van der Waals surface area contributed by atoms with Gasteiger partial charge in [-0.1, -0.05) is 11.6 Å². The third-order valence-electron chi connectivity index (χ3n) is 2.03. The van der Waals surface area contributed by atoms with Gasteiger partial charge in [-0.2, -0.15) is 0 Å². The van der Waals surface area contributed by atoms with Gasteiger partial charge in [-0.3, -0.25) is 4.79 Å². The fraction of sp³-hybridized carbons (Fsp3) is 0.300. The molecule has 1 aromatic carbocycles. The van der Waals surface area contributed by atoms with Crippen LogP contribution in [0.4, 0.5) is 4.39 Å². The molecule has 0 aliphatic carbocycles. The summed E-state index contributed by atoms with van der Waals surface area (Å²) in [6.45, 7) is 1.42. The number of methoxy groups -OCH3 is 1. The molecule has 0 aliphatic rings. The van der Waals surface area contributed by atoms with E-state index in [4.69, 9.17) is 22.1 Å². The Morgan fingerprint density at radius 1 is 1.67 bits per heavy atom. The Balaban J connectivity index is 3.43. The number of carbonyl (C=O) groups excluding carboxylic acids is 1. The summed E-state index contributed by atoms with van der Waals surface area (Å²) in [4.78, 5) is 11.3. The molecule has 0 aromatic heterocycles. The molecule has 3 nitrogen and oxygen atoms in total. The average molecular weight is 232 g/mol. The summed E-state index contributed by atoms with van der Waals surface area (Å²) in [6.07, 6.45) is 0. The van der Waals surface area contributed by atoms with Crippen LogP contribution in [0.3, 0.4) is 0 Å². The van der Waals surface area contributed by atoms with Crippen LogP contribution in [-0.2, 0) is 0 Å². The number of hydrogen-bond acceptors (Lipinski definition) is 3. The minimum atomic E-state index is -0.761. The van der Waals surface area contributed by atoms with E-state index in [-0.39, 0.29) is 22.9 Å². The van der Waals surface area contributed by atoms with Gasteiger partial charge in [0.05, 0.1) is 24.2 Å². The number of ketones is 1. The van der Waals surface area contributed by atoms with E-state index in [1.165, 1.54) is 13.2 Å². The lowest BCUT2D eigenvalue weighted by Gasteiger charge is -2.10. The number of hydrogen-bond donors (Lipinski definition) is 1. The van der Waals surface area contributed by atoms with E-state index in [9.17, 15) is 9.18 Å². The van der Waals surface area contributed by atoms with Crippen molar-refractivity contribution in [3.05, 3.63) is 28.0 Å². The topological polar surface area (TPSA) is 52.3 Å². The third kappa shape index (κ3) is 2.11. The van der Waals surface area contributed by atoms with Crippen LogP contribution in [-0.4, -0.2) is 19.4 Å². The van der Waals surface area contributed by atoms with Crippen molar-refractivity contribution in [3.63, 3.8) is 0 Å². The fourth-order valence-corrected chi connectivity index (χ4v) is 1.45. The molecule has 0 saturated heterocycles. The van der Waals surface area contributed by atoms with Crippen molar-refractivity contribution >= 4 is 17.4 Å². The second-order valence-corrected chi connectivity index (χ2v) is 3.41. The second-order valence-electron chi connectivity index (χ2n) is 3.03. The lowest BCUT2D eigenvalue weighted by atomic mass is 10.1. The van der Waals surface area contributed by atoms with Crippen LogP contribution in [0.2, 0.25) is 5.02 Å². The average Bonchev–Trinajstić information content (AvgIpc) is 2.23. The van der Waals surface area contributed by atoms with E-state index in [1.807, 2.05) is 0 Å². The molecule has 0 radical (unpaired) electrons. The summed E-state index contributed by atoms with van der Waals surface area (Å²) in [5.74, 6) is -1.36. The summed E-state index contributed by atoms with van der Waals surface area (Å²) in [7, 11) is 1.29. The first-order valence-corrected chi connectivity index (χ1v) is 4.66. The van der Waals surface area contributed by atoms with Crippen molar-refractivity contribution in [1.29, 1.82) is 0 Å². The molecule has 0 unspecified atom stereocenters. The molecule has 82 valence electrons. The summed E-state index contributed by atoms with van der Waals surface area (Å²) < 4.78 is 18.5. The Morgan fingerprint density at radius 2 is 2.27 bits per heavy atom. The second kappa shape index (κ2) is 4.59. The number of nitrogens with two attached hydrogens (primary N) is 1. The molecule has 0 saturated carbocycles. The Bertz CT molecular complexity index is 407. The number of Topliss-reactive ketones (excluding diaryl/α,β-unsaturated/α-hetero) is 1. The van der Waals surface area contributed by atoms with Gasteiger partial charge in [0, 0.05) is 0 Å². The van der Waals surface area contributed by atoms with Crippen molar-refractivity contribution in [1.82, 2.24) is 0 Å². The van der Waals surface area contributed by atoms with Crippen molar-refractivity contribution in [2.75, 3.05) is 13.7 Å². The van der Waals surface area contributed by atoms with Gasteiger partial charge in [0.25, 0.3) is 0 Å². The molecular formula is C10H11ClFNO2. The Kier molecular flexibility index (Phi) is 3.66. The molecule has 0 spiro atoms. The zero-order valence-electron chi connectivity index (χ0n) is 8.43. The number of carbonyl (C=O) groups is 1. The quantitative estimate of drug-likeness (QED) is 0.809. The number of ether oxygens (including phenoxy) is 1. The maximum Gasteiger partial charge on any atom is 0.179 e. The minimum Gasteiger partial charge on any atom is -0.492 e. The van der Waals surface area contributed by atoms with Gasteiger partial charge >= 0.3 is 0 Å². The first-order chi connectivity index (χ1) is 7.02. The van der Waals surface area contributed by atoms with E-state index < -0.39 is 11.6 Å². The number of halogens is 2. The zero-order chi connectivity index (χ0) is 11.6. The number of rotatable bonds is 3. The van der Waals surface area contributed by atoms with Crippen molar-refractivity contribution < 1.29 is 13.9 Å². The molecule has 0 aliphatic heterocycles. The van der Waals surface area contributed by atoms with Crippen LogP contribution >= 0.6 is 11.6 Å². The summed E-state index contributed by atoms with van der Waals surface area (Å²) in [6, 6.07) is 1.37. The van der Waals surface area contributed by atoms with Crippen LogP contribution < -0.4 is 10.5 Å². The van der Waals surface area contributed by atoms with E-state index in [0.717, 1.165) is 0 Å². The summed E-state index contributed by atoms with van der Waals surface area (Å²) in [5, 5.41) is 0.170. The maximum absolute atomic E-state index is 13.7. The molecule has 0 atom stereocenters. The van der Waals surface area contributed by atoms with E-state index in [2.05, 4.69) is 0 Å². The van der Waals surface area contributed by atoms with Gasteiger partial charge in [-0.05, 0) is 18.6 Å².